The van der Waals surface area contributed by atoms with Gasteiger partial charge in [-0.2, -0.15) is 5.10 Å². The van der Waals surface area contributed by atoms with Gasteiger partial charge in [-0.15, -0.1) is 11.3 Å². The third-order valence-electron chi connectivity index (χ3n) is 4.91. The van der Waals surface area contributed by atoms with Gasteiger partial charge in [0.25, 0.3) is 5.91 Å². The number of aryl methyl sites for hydroxylation is 1. The van der Waals surface area contributed by atoms with Gasteiger partial charge in [0.2, 0.25) is 0 Å². The van der Waals surface area contributed by atoms with Crippen LogP contribution in [0.4, 0.5) is 10.8 Å². The van der Waals surface area contributed by atoms with Gasteiger partial charge in [-0.3, -0.25) is 4.79 Å². The van der Waals surface area contributed by atoms with E-state index in [4.69, 9.17) is 4.74 Å². The van der Waals surface area contributed by atoms with Crippen molar-refractivity contribution in [1.82, 2.24) is 10.4 Å². The van der Waals surface area contributed by atoms with Crippen molar-refractivity contribution in [2.75, 3.05) is 11.9 Å². The largest absolute Gasteiger partial charge is 0.504 e. The van der Waals surface area contributed by atoms with Gasteiger partial charge in [-0.1, -0.05) is 29.8 Å². The number of aromatic hydroxyl groups is 1. The first-order valence-corrected chi connectivity index (χ1v) is 11.6. The Morgan fingerprint density at radius 2 is 1.88 bits per heavy atom. The fourth-order valence-electron chi connectivity index (χ4n) is 3.13. The van der Waals surface area contributed by atoms with Gasteiger partial charge in [0.15, 0.2) is 16.6 Å². The number of phenols is 1. The number of ether oxygens (including phenoxy) is 1. The summed E-state index contributed by atoms with van der Waals surface area (Å²) in [5, 5.41) is 19.8. The van der Waals surface area contributed by atoms with Crippen LogP contribution in [0.5, 0.6) is 11.5 Å². The number of rotatable bonds is 8. The fourth-order valence-corrected chi connectivity index (χ4v) is 3.87. The Labute approximate surface area is 201 Å². The van der Waals surface area contributed by atoms with Gasteiger partial charge >= 0.3 is 0 Å². The van der Waals surface area contributed by atoms with Crippen molar-refractivity contribution in [3.8, 4) is 22.8 Å². The molecule has 0 atom stereocenters. The highest BCUT2D eigenvalue weighted by Gasteiger charge is 2.08. The summed E-state index contributed by atoms with van der Waals surface area (Å²) in [4.78, 5) is 17.1. The molecule has 0 aliphatic carbocycles. The molecule has 0 fully saturated rings. The zero-order valence-corrected chi connectivity index (χ0v) is 19.6. The maximum absolute atomic E-state index is 12.4. The molecule has 34 heavy (non-hydrogen) atoms. The zero-order valence-electron chi connectivity index (χ0n) is 18.8. The van der Waals surface area contributed by atoms with Crippen LogP contribution < -0.4 is 15.5 Å². The number of hydrazone groups is 1. The molecule has 1 amide bonds. The van der Waals surface area contributed by atoms with Crippen LogP contribution in [0.15, 0.2) is 77.2 Å². The molecule has 4 aromatic rings. The van der Waals surface area contributed by atoms with E-state index in [1.807, 2.05) is 48.7 Å². The quantitative estimate of drug-likeness (QED) is 0.225. The van der Waals surface area contributed by atoms with Crippen LogP contribution in [0.3, 0.4) is 0 Å². The predicted octanol–water partition coefficient (Wildman–Crippen LogP) is 5.73. The van der Waals surface area contributed by atoms with Crippen molar-refractivity contribution in [1.29, 1.82) is 0 Å². The summed E-state index contributed by atoms with van der Waals surface area (Å²) in [5.41, 5.74) is 7.63. The average Bonchev–Trinajstić information content (AvgIpc) is 3.31. The molecule has 0 aliphatic heterocycles. The molecule has 0 radical (unpaired) electrons. The molecule has 1 heterocycles. The Morgan fingerprint density at radius 3 is 2.62 bits per heavy atom. The highest BCUT2D eigenvalue weighted by atomic mass is 32.1. The molecular formula is C26H24N4O3S. The average molecular weight is 473 g/mol. The van der Waals surface area contributed by atoms with E-state index in [2.05, 4.69) is 27.8 Å². The van der Waals surface area contributed by atoms with Gasteiger partial charge in [0, 0.05) is 22.2 Å². The highest BCUT2D eigenvalue weighted by Crippen LogP contribution is 2.28. The number of carbonyl (C=O) groups is 1. The van der Waals surface area contributed by atoms with E-state index in [0.717, 1.165) is 22.1 Å². The van der Waals surface area contributed by atoms with Crippen molar-refractivity contribution in [3.63, 3.8) is 0 Å². The minimum atomic E-state index is -0.327. The first-order chi connectivity index (χ1) is 16.5. The number of nitrogens with zero attached hydrogens (tertiary/aromatic N) is 2. The molecule has 8 heteroatoms. The van der Waals surface area contributed by atoms with Crippen LogP contribution in [-0.2, 0) is 0 Å². The molecule has 0 saturated heterocycles. The van der Waals surface area contributed by atoms with E-state index < -0.39 is 0 Å². The molecule has 3 N–H and O–H groups in total. The zero-order chi connectivity index (χ0) is 23.9. The lowest BCUT2D eigenvalue weighted by atomic mass is 10.1. The second kappa shape index (κ2) is 10.6. The van der Waals surface area contributed by atoms with Crippen molar-refractivity contribution in [3.05, 3.63) is 88.8 Å². The number of hydrogen-bond donors (Lipinski definition) is 3. The summed E-state index contributed by atoms with van der Waals surface area (Å²) in [6.45, 7) is 4.32. The summed E-state index contributed by atoms with van der Waals surface area (Å²) in [6.07, 6.45) is 1.49. The third-order valence-corrected chi connectivity index (χ3v) is 5.67. The van der Waals surface area contributed by atoms with Crippen LogP contribution in [0, 0.1) is 6.92 Å². The van der Waals surface area contributed by atoms with Gasteiger partial charge < -0.3 is 15.2 Å². The maximum Gasteiger partial charge on any atom is 0.271 e. The Morgan fingerprint density at radius 1 is 1.12 bits per heavy atom. The molecule has 0 unspecified atom stereocenters. The van der Waals surface area contributed by atoms with E-state index in [1.54, 1.807) is 24.3 Å². The number of thiazole rings is 1. The number of nitrogens with one attached hydrogen (secondary N) is 2. The van der Waals surface area contributed by atoms with Crippen molar-refractivity contribution in [2.45, 2.75) is 13.8 Å². The molecule has 0 bridgehead atoms. The molecule has 3 aromatic carbocycles. The Kier molecular flexibility index (Phi) is 7.19. The van der Waals surface area contributed by atoms with E-state index in [-0.39, 0.29) is 11.7 Å². The third kappa shape index (κ3) is 5.79. The normalized spacial score (nSPS) is 10.9. The van der Waals surface area contributed by atoms with Gasteiger partial charge in [0.05, 0.1) is 18.5 Å². The smallest absolute Gasteiger partial charge is 0.271 e. The molecule has 7 nitrogen and oxygen atoms in total. The van der Waals surface area contributed by atoms with Crippen molar-refractivity contribution < 1.29 is 14.6 Å². The number of amides is 1. The van der Waals surface area contributed by atoms with Crippen LogP contribution in [0.25, 0.3) is 11.3 Å². The summed E-state index contributed by atoms with van der Waals surface area (Å²) >= 11 is 1.52. The SMILES string of the molecule is CCOc1cc(/C=N\NC(=O)c2ccc(-c3csc(Nc4ccc(C)cc4)n3)cc2)ccc1O. The van der Waals surface area contributed by atoms with E-state index >= 15 is 0 Å². The van der Waals surface area contributed by atoms with Crippen LogP contribution >= 0.6 is 11.3 Å². The van der Waals surface area contributed by atoms with Crippen LogP contribution in [-0.4, -0.2) is 28.8 Å². The number of benzene rings is 3. The lowest BCUT2D eigenvalue weighted by Crippen LogP contribution is -2.17. The van der Waals surface area contributed by atoms with Crippen LogP contribution in [0.2, 0.25) is 0 Å². The Hall–Kier alpha value is -4.17. The minimum absolute atomic E-state index is 0.0567. The first-order valence-electron chi connectivity index (χ1n) is 10.7. The van der Waals surface area contributed by atoms with Gasteiger partial charge in [0.1, 0.15) is 0 Å². The topological polar surface area (TPSA) is 95.8 Å². The summed E-state index contributed by atoms with van der Waals surface area (Å²) in [5.74, 6) is 0.0977. The predicted molar refractivity (Wildman–Crippen MR) is 136 cm³/mol. The number of aromatic nitrogens is 1. The van der Waals surface area contributed by atoms with E-state index in [9.17, 15) is 9.90 Å². The maximum atomic E-state index is 12.4. The highest BCUT2D eigenvalue weighted by molar-refractivity contribution is 7.14. The lowest BCUT2D eigenvalue weighted by Gasteiger charge is -2.06. The van der Waals surface area contributed by atoms with E-state index in [0.29, 0.717) is 23.5 Å². The van der Waals surface area contributed by atoms with Gasteiger partial charge in [-0.05, 0) is 61.9 Å². The number of hydrogen-bond acceptors (Lipinski definition) is 7. The molecule has 1 aromatic heterocycles. The number of phenolic OH excluding ortho intramolecular Hbond substituents is 1. The number of carbonyl (C=O) groups excluding carboxylic acids is 1. The van der Waals surface area contributed by atoms with Gasteiger partial charge in [-0.25, -0.2) is 10.4 Å². The minimum Gasteiger partial charge on any atom is -0.504 e. The monoisotopic (exact) mass is 472 g/mol. The molecule has 172 valence electrons. The lowest BCUT2D eigenvalue weighted by molar-refractivity contribution is 0.0955. The van der Waals surface area contributed by atoms with Crippen molar-refractivity contribution >= 4 is 34.3 Å². The molecular weight excluding hydrogens is 448 g/mol. The first kappa shape index (κ1) is 23.0. The number of anilines is 2. The Balaban J connectivity index is 1.36. The van der Waals surface area contributed by atoms with Crippen LogP contribution in [0.1, 0.15) is 28.4 Å². The van der Waals surface area contributed by atoms with Crippen molar-refractivity contribution in [2.24, 2.45) is 5.10 Å². The van der Waals surface area contributed by atoms with E-state index in [1.165, 1.54) is 29.2 Å². The standard InChI is InChI=1S/C26H24N4O3S/c1-3-33-24-14-18(6-13-23(24)31)15-27-30-25(32)20-9-7-19(8-10-20)22-16-34-26(29-22)28-21-11-4-17(2)5-12-21/h4-16,31H,3H2,1-2H3,(H,28,29)(H,30,32)/b27-15-. The molecule has 0 saturated carbocycles. The molecule has 4 rings (SSSR count). The summed E-state index contributed by atoms with van der Waals surface area (Å²) < 4.78 is 5.35. The molecule has 0 spiro atoms. The fraction of sp³-hybridized carbons (Fsp3) is 0.115. The summed E-state index contributed by atoms with van der Waals surface area (Å²) in [7, 11) is 0. The second-order valence-electron chi connectivity index (χ2n) is 7.47. The Bertz CT molecular complexity index is 1300. The summed E-state index contributed by atoms with van der Waals surface area (Å²) in [6, 6.07) is 20.2. The molecule has 0 aliphatic rings. The second-order valence-corrected chi connectivity index (χ2v) is 8.32.